The summed E-state index contributed by atoms with van der Waals surface area (Å²) in [5, 5.41) is 7.86. The van der Waals surface area contributed by atoms with Crippen molar-refractivity contribution in [1.29, 1.82) is 0 Å². The molecule has 30 heavy (non-hydrogen) atoms. The van der Waals surface area contributed by atoms with Crippen molar-refractivity contribution in [3.8, 4) is 0 Å². The normalized spacial score (nSPS) is 10.0. The molecule has 0 aliphatic carbocycles. The number of benzene rings is 6. The van der Waals surface area contributed by atoms with Crippen LogP contribution in [0, 0.1) is 0 Å². The van der Waals surface area contributed by atoms with Gasteiger partial charge in [0.05, 0.1) is 0 Å². The summed E-state index contributed by atoms with van der Waals surface area (Å²) in [7, 11) is 0. The maximum absolute atomic E-state index is 2.12. The standard InChI is InChI=1S/3C10H8/c3*1-2-6-10-8-4-3-7-9(10)5-1/h3*1-8H. The van der Waals surface area contributed by atoms with Gasteiger partial charge >= 0.3 is 0 Å². The van der Waals surface area contributed by atoms with Gasteiger partial charge in [-0.05, 0) is 32.3 Å². The molecule has 6 rings (SSSR count). The zero-order chi connectivity index (χ0) is 20.4. The van der Waals surface area contributed by atoms with Gasteiger partial charge in [-0.1, -0.05) is 146 Å². The van der Waals surface area contributed by atoms with Gasteiger partial charge in [-0.3, -0.25) is 0 Å². The highest BCUT2D eigenvalue weighted by atomic mass is 13.9. The van der Waals surface area contributed by atoms with E-state index < -0.39 is 0 Å². The average molecular weight is 385 g/mol. The van der Waals surface area contributed by atoms with Gasteiger partial charge in [-0.25, -0.2) is 0 Å². The lowest BCUT2D eigenvalue weighted by Gasteiger charge is -1.92. The van der Waals surface area contributed by atoms with Gasteiger partial charge in [0.1, 0.15) is 0 Å². The van der Waals surface area contributed by atoms with Crippen LogP contribution in [0.1, 0.15) is 0 Å². The Balaban J connectivity index is 0.000000109. The Labute approximate surface area is 178 Å². The van der Waals surface area contributed by atoms with Crippen LogP contribution in [0.5, 0.6) is 0 Å². The number of hydrogen-bond acceptors (Lipinski definition) is 0. The topological polar surface area (TPSA) is 0 Å². The molecule has 0 nitrogen and oxygen atoms in total. The first-order chi connectivity index (χ1) is 14.9. The predicted molar refractivity (Wildman–Crippen MR) is 132 cm³/mol. The fourth-order valence-electron chi connectivity index (χ4n) is 3.40. The minimum Gasteiger partial charge on any atom is -0.0616 e. The molecule has 0 radical (unpaired) electrons. The molecule has 0 saturated heterocycles. The Hall–Kier alpha value is -3.90. The Morgan fingerprint density at radius 2 is 0.267 bits per heavy atom. The van der Waals surface area contributed by atoms with Crippen molar-refractivity contribution in [3.63, 3.8) is 0 Å². The van der Waals surface area contributed by atoms with Crippen LogP contribution < -0.4 is 0 Å². The molecule has 0 saturated carbocycles. The summed E-state index contributed by atoms with van der Waals surface area (Å²) in [6.45, 7) is 0. The summed E-state index contributed by atoms with van der Waals surface area (Å²) < 4.78 is 0. The maximum atomic E-state index is 2.12. The third-order valence-electron chi connectivity index (χ3n) is 4.98. The smallest absolute Gasteiger partial charge is 0.0184 e. The molecule has 0 atom stereocenters. The Kier molecular flexibility index (Phi) is 6.50. The quantitative estimate of drug-likeness (QED) is 0.246. The minimum absolute atomic E-state index is 1.31. The van der Waals surface area contributed by atoms with Crippen LogP contribution in [-0.2, 0) is 0 Å². The van der Waals surface area contributed by atoms with Crippen LogP contribution in [0.15, 0.2) is 146 Å². The highest BCUT2D eigenvalue weighted by Crippen LogP contribution is 2.12. The van der Waals surface area contributed by atoms with E-state index in [1.165, 1.54) is 32.3 Å². The molecule has 144 valence electrons. The van der Waals surface area contributed by atoms with Gasteiger partial charge in [0.15, 0.2) is 0 Å². The highest BCUT2D eigenvalue weighted by Gasteiger charge is 1.86. The van der Waals surface area contributed by atoms with Crippen LogP contribution in [0.3, 0.4) is 0 Å². The first-order valence-electron chi connectivity index (χ1n) is 10.2. The van der Waals surface area contributed by atoms with Crippen molar-refractivity contribution in [2.45, 2.75) is 0 Å². The van der Waals surface area contributed by atoms with Crippen molar-refractivity contribution < 1.29 is 0 Å². The van der Waals surface area contributed by atoms with Gasteiger partial charge in [0.25, 0.3) is 0 Å². The molecule has 0 spiro atoms. The zero-order valence-corrected chi connectivity index (χ0v) is 16.9. The fraction of sp³-hybridized carbons (Fsp3) is 0. The number of rotatable bonds is 0. The first-order valence-corrected chi connectivity index (χ1v) is 10.2. The number of fused-ring (bicyclic) bond motifs is 3. The molecule has 0 heterocycles. The largest absolute Gasteiger partial charge is 0.0616 e. The lowest BCUT2D eigenvalue weighted by Crippen LogP contribution is -1.67. The summed E-state index contributed by atoms with van der Waals surface area (Å²) in [6.07, 6.45) is 0. The highest BCUT2D eigenvalue weighted by molar-refractivity contribution is 5.83. The fourth-order valence-corrected chi connectivity index (χ4v) is 3.40. The summed E-state index contributed by atoms with van der Waals surface area (Å²) in [4.78, 5) is 0. The molecule has 0 aliphatic rings. The van der Waals surface area contributed by atoms with E-state index in [1.807, 2.05) is 0 Å². The molecule has 0 heteroatoms. The van der Waals surface area contributed by atoms with Crippen molar-refractivity contribution >= 4 is 32.3 Å². The van der Waals surface area contributed by atoms with Crippen LogP contribution in [-0.4, -0.2) is 0 Å². The van der Waals surface area contributed by atoms with Crippen molar-refractivity contribution in [2.24, 2.45) is 0 Å². The first kappa shape index (κ1) is 19.4. The van der Waals surface area contributed by atoms with E-state index in [1.54, 1.807) is 0 Å². The molecule has 6 aromatic carbocycles. The van der Waals surface area contributed by atoms with E-state index in [2.05, 4.69) is 146 Å². The maximum Gasteiger partial charge on any atom is -0.0184 e. The SMILES string of the molecule is c1ccc2ccccc2c1.c1ccc2ccccc2c1.c1ccc2ccccc2c1. The Morgan fingerprint density at radius 3 is 0.367 bits per heavy atom. The van der Waals surface area contributed by atoms with Crippen LogP contribution in [0.4, 0.5) is 0 Å². The Morgan fingerprint density at radius 1 is 0.167 bits per heavy atom. The van der Waals surface area contributed by atoms with Gasteiger partial charge in [-0.15, -0.1) is 0 Å². The molecule has 0 N–H and O–H groups in total. The van der Waals surface area contributed by atoms with Crippen molar-refractivity contribution in [2.75, 3.05) is 0 Å². The third-order valence-corrected chi connectivity index (χ3v) is 4.98. The van der Waals surface area contributed by atoms with E-state index in [9.17, 15) is 0 Å². The van der Waals surface area contributed by atoms with Crippen molar-refractivity contribution in [3.05, 3.63) is 146 Å². The van der Waals surface area contributed by atoms with Crippen LogP contribution >= 0.6 is 0 Å². The van der Waals surface area contributed by atoms with Crippen molar-refractivity contribution in [1.82, 2.24) is 0 Å². The molecule has 6 aromatic rings. The van der Waals surface area contributed by atoms with E-state index in [4.69, 9.17) is 0 Å². The summed E-state index contributed by atoms with van der Waals surface area (Å²) >= 11 is 0. The molecule has 0 aromatic heterocycles. The van der Waals surface area contributed by atoms with Crippen LogP contribution in [0.25, 0.3) is 32.3 Å². The van der Waals surface area contributed by atoms with Gasteiger partial charge in [0, 0.05) is 0 Å². The monoisotopic (exact) mass is 384 g/mol. The zero-order valence-electron chi connectivity index (χ0n) is 16.9. The van der Waals surface area contributed by atoms with Gasteiger partial charge < -0.3 is 0 Å². The average Bonchev–Trinajstić information content (AvgIpc) is 2.85. The Bertz CT molecular complexity index is 982. The van der Waals surface area contributed by atoms with Crippen LogP contribution in [0.2, 0.25) is 0 Å². The minimum atomic E-state index is 1.31. The molecule has 0 amide bonds. The molecule has 0 aliphatic heterocycles. The molecule has 0 unspecified atom stereocenters. The summed E-state index contributed by atoms with van der Waals surface area (Å²) in [5.41, 5.74) is 0. The molecular weight excluding hydrogens is 360 g/mol. The van der Waals surface area contributed by atoms with E-state index in [0.29, 0.717) is 0 Å². The lowest BCUT2D eigenvalue weighted by atomic mass is 10.1. The second-order valence-corrected chi connectivity index (χ2v) is 7.04. The van der Waals surface area contributed by atoms with E-state index in [0.717, 1.165) is 0 Å². The second kappa shape index (κ2) is 10.0. The van der Waals surface area contributed by atoms with E-state index >= 15 is 0 Å². The predicted octanol–water partition coefficient (Wildman–Crippen LogP) is 8.52. The number of hydrogen-bond donors (Lipinski definition) is 0. The van der Waals surface area contributed by atoms with E-state index in [-0.39, 0.29) is 0 Å². The molecular formula is C30H24. The van der Waals surface area contributed by atoms with Gasteiger partial charge in [-0.2, -0.15) is 0 Å². The molecule has 0 fully saturated rings. The van der Waals surface area contributed by atoms with Gasteiger partial charge in [0.2, 0.25) is 0 Å². The molecule has 0 bridgehead atoms. The second-order valence-electron chi connectivity index (χ2n) is 7.04. The lowest BCUT2D eigenvalue weighted by molar-refractivity contribution is 1.75. The summed E-state index contributed by atoms with van der Waals surface area (Å²) in [6, 6.07) is 50.1. The third kappa shape index (κ3) is 5.12. The summed E-state index contributed by atoms with van der Waals surface area (Å²) in [5.74, 6) is 0.